The maximum atomic E-state index is 13.2. The van der Waals surface area contributed by atoms with E-state index in [0.29, 0.717) is 5.69 Å². The average Bonchev–Trinajstić information content (AvgIpc) is 2.65. The number of nitrogens with one attached hydrogen (secondary N) is 2. The Bertz CT molecular complexity index is 754. The van der Waals surface area contributed by atoms with Crippen LogP contribution in [0.25, 0.3) is 0 Å². The summed E-state index contributed by atoms with van der Waals surface area (Å²) in [6, 6.07) is 8.05. The van der Waals surface area contributed by atoms with Gasteiger partial charge in [-0.25, -0.2) is 8.78 Å². The second-order valence-corrected chi connectivity index (χ2v) is 6.69. The Balaban J connectivity index is 0.000000342. The summed E-state index contributed by atoms with van der Waals surface area (Å²) in [5, 5.41) is 5.18. The SMILES string of the molecule is C1CCNCC1.O=C(Nc1ccc(F)cc1)c1ccc(F)c([P+](=O)[O-])c1. The van der Waals surface area contributed by atoms with Gasteiger partial charge in [-0.3, -0.25) is 4.79 Å². The molecule has 3 rings (SSSR count). The Hall–Kier alpha value is -2.21. The topological polar surface area (TPSA) is 81.3 Å². The number of hydrogen-bond acceptors (Lipinski definition) is 4. The zero-order valence-electron chi connectivity index (χ0n) is 14.0. The van der Waals surface area contributed by atoms with Gasteiger partial charge in [0, 0.05) is 17.3 Å². The van der Waals surface area contributed by atoms with E-state index in [4.69, 9.17) is 0 Å². The quantitative estimate of drug-likeness (QED) is 0.803. The predicted molar refractivity (Wildman–Crippen MR) is 94.7 cm³/mol. The molecule has 1 amide bonds. The molecule has 1 saturated heterocycles. The number of hydrogen-bond donors (Lipinski definition) is 2. The van der Waals surface area contributed by atoms with Crippen LogP contribution >= 0.6 is 8.03 Å². The van der Waals surface area contributed by atoms with Gasteiger partial charge < -0.3 is 15.5 Å². The van der Waals surface area contributed by atoms with Gasteiger partial charge in [-0.1, -0.05) is 11.0 Å². The van der Waals surface area contributed by atoms with E-state index in [-0.39, 0.29) is 5.56 Å². The third-order valence-electron chi connectivity index (χ3n) is 3.71. The van der Waals surface area contributed by atoms with Crippen molar-refractivity contribution >= 4 is 24.9 Å². The van der Waals surface area contributed by atoms with Gasteiger partial charge in [-0.2, -0.15) is 0 Å². The van der Waals surface area contributed by atoms with E-state index < -0.39 is 30.9 Å². The largest absolute Gasteiger partial charge is 0.591 e. The van der Waals surface area contributed by atoms with E-state index in [1.807, 2.05) is 0 Å². The first-order valence-corrected chi connectivity index (χ1v) is 9.36. The van der Waals surface area contributed by atoms with Crippen molar-refractivity contribution in [2.45, 2.75) is 19.3 Å². The molecule has 0 radical (unpaired) electrons. The molecular formula is C18H19F2N2O3P. The molecule has 1 aliphatic rings. The van der Waals surface area contributed by atoms with Crippen LogP contribution in [0.15, 0.2) is 42.5 Å². The average molecular weight is 380 g/mol. The molecule has 1 atom stereocenters. The summed E-state index contributed by atoms with van der Waals surface area (Å²) in [5.74, 6) is -1.98. The van der Waals surface area contributed by atoms with E-state index in [0.717, 1.165) is 18.2 Å². The van der Waals surface area contributed by atoms with Crippen LogP contribution in [0.5, 0.6) is 0 Å². The molecule has 2 aromatic rings. The molecule has 26 heavy (non-hydrogen) atoms. The fourth-order valence-electron chi connectivity index (χ4n) is 2.33. The number of carbonyl (C=O) groups is 1. The van der Waals surface area contributed by atoms with E-state index in [9.17, 15) is 23.0 Å². The number of halogens is 2. The first-order chi connectivity index (χ1) is 12.5. The number of amides is 1. The molecule has 5 nitrogen and oxygen atoms in total. The number of benzene rings is 2. The maximum absolute atomic E-state index is 13.2. The molecule has 138 valence electrons. The van der Waals surface area contributed by atoms with E-state index in [1.54, 1.807) is 0 Å². The number of rotatable bonds is 3. The van der Waals surface area contributed by atoms with E-state index in [2.05, 4.69) is 10.6 Å². The maximum Gasteiger partial charge on any atom is 0.351 e. The fraction of sp³-hybridized carbons (Fsp3) is 0.278. The monoisotopic (exact) mass is 380 g/mol. The van der Waals surface area contributed by atoms with Crippen LogP contribution in [-0.2, 0) is 4.57 Å². The van der Waals surface area contributed by atoms with Crippen LogP contribution in [0.2, 0.25) is 0 Å². The van der Waals surface area contributed by atoms with Crippen molar-refractivity contribution in [3.05, 3.63) is 59.7 Å². The molecule has 1 fully saturated rings. The van der Waals surface area contributed by atoms with Crippen molar-refractivity contribution < 1.29 is 23.0 Å². The lowest BCUT2D eigenvalue weighted by Gasteiger charge is -2.08. The summed E-state index contributed by atoms with van der Waals surface area (Å²) in [5.41, 5.74) is 0.332. The molecule has 0 bridgehead atoms. The molecule has 2 aromatic carbocycles. The van der Waals surface area contributed by atoms with E-state index >= 15 is 0 Å². The van der Waals surface area contributed by atoms with Crippen molar-refractivity contribution in [3.63, 3.8) is 0 Å². The van der Waals surface area contributed by atoms with Gasteiger partial charge in [0.25, 0.3) is 5.91 Å². The second-order valence-electron chi connectivity index (χ2n) is 5.69. The minimum atomic E-state index is -3.13. The predicted octanol–water partition coefficient (Wildman–Crippen LogP) is 2.71. The van der Waals surface area contributed by atoms with Crippen LogP contribution in [0.3, 0.4) is 0 Å². The van der Waals surface area contributed by atoms with Gasteiger partial charge in [0.2, 0.25) is 5.30 Å². The molecule has 8 heteroatoms. The molecule has 2 N–H and O–H groups in total. The molecule has 1 heterocycles. The van der Waals surface area contributed by atoms with Gasteiger partial charge in [0.05, 0.1) is 0 Å². The molecule has 0 aromatic heterocycles. The summed E-state index contributed by atoms with van der Waals surface area (Å²) in [4.78, 5) is 22.7. The number of piperidine rings is 1. The van der Waals surface area contributed by atoms with Gasteiger partial charge in [0.1, 0.15) is 5.82 Å². The van der Waals surface area contributed by atoms with Crippen LogP contribution < -0.4 is 20.8 Å². The highest BCUT2D eigenvalue weighted by Crippen LogP contribution is 2.15. The number of carbonyl (C=O) groups excluding carboxylic acids is 1. The smallest absolute Gasteiger partial charge is 0.351 e. The lowest BCUT2D eigenvalue weighted by molar-refractivity contribution is -0.160. The summed E-state index contributed by atoms with van der Waals surface area (Å²) in [6.07, 6.45) is 4.22. The Labute approximate surface area is 151 Å². The normalized spacial score (nSPS) is 14.0. The second kappa shape index (κ2) is 10.1. The Kier molecular flexibility index (Phi) is 7.78. The zero-order valence-corrected chi connectivity index (χ0v) is 14.9. The molecule has 0 saturated carbocycles. The Morgan fingerprint density at radius 3 is 2.19 bits per heavy atom. The summed E-state index contributed by atoms with van der Waals surface area (Å²) in [6.45, 7) is 2.50. The van der Waals surface area contributed by atoms with Gasteiger partial charge in [-0.05, 0) is 62.3 Å². The lowest BCUT2D eigenvalue weighted by atomic mass is 10.2. The highest BCUT2D eigenvalue weighted by Gasteiger charge is 2.18. The number of anilines is 1. The van der Waals surface area contributed by atoms with E-state index in [1.165, 1.54) is 56.6 Å². The molecule has 1 unspecified atom stereocenters. The Morgan fingerprint density at radius 1 is 1.04 bits per heavy atom. The van der Waals surface area contributed by atoms with Crippen molar-refractivity contribution in [2.75, 3.05) is 18.4 Å². The molecule has 0 spiro atoms. The first kappa shape index (κ1) is 20.1. The van der Waals surface area contributed by atoms with Gasteiger partial charge in [-0.15, -0.1) is 0 Å². The third kappa shape index (κ3) is 6.26. The molecule has 1 aliphatic heterocycles. The Morgan fingerprint density at radius 2 is 1.69 bits per heavy atom. The van der Waals surface area contributed by atoms with Crippen LogP contribution in [0.1, 0.15) is 29.6 Å². The minimum Gasteiger partial charge on any atom is -0.591 e. The third-order valence-corrected chi connectivity index (χ3v) is 4.45. The van der Waals surface area contributed by atoms with Crippen molar-refractivity contribution in [2.24, 2.45) is 0 Å². The fourth-order valence-corrected chi connectivity index (χ4v) is 2.83. The lowest BCUT2D eigenvalue weighted by Crippen LogP contribution is -2.21. The molecule has 0 aliphatic carbocycles. The summed E-state index contributed by atoms with van der Waals surface area (Å²) >= 11 is 0. The highest BCUT2D eigenvalue weighted by molar-refractivity contribution is 7.45. The van der Waals surface area contributed by atoms with Gasteiger partial charge in [0.15, 0.2) is 5.82 Å². The summed E-state index contributed by atoms with van der Waals surface area (Å²) < 4.78 is 36.7. The first-order valence-electron chi connectivity index (χ1n) is 8.19. The van der Waals surface area contributed by atoms with Crippen LogP contribution in [0.4, 0.5) is 14.5 Å². The van der Waals surface area contributed by atoms with Crippen molar-refractivity contribution in [1.29, 1.82) is 0 Å². The zero-order chi connectivity index (χ0) is 18.9. The van der Waals surface area contributed by atoms with Gasteiger partial charge >= 0.3 is 8.03 Å². The summed E-state index contributed by atoms with van der Waals surface area (Å²) in [7, 11) is -3.13. The van der Waals surface area contributed by atoms with Crippen LogP contribution in [0, 0.1) is 11.6 Å². The van der Waals surface area contributed by atoms with Crippen LogP contribution in [-0.4, -0.2) is 19.0 Å². The molecular weight excluding hydrogens is 361 g/mol. The van der Waals surface area contributed by atoms with Crippen molar-refractivity contribution in [3.8, 4) is 0 Å². The standard InChI is InChI=1S/C13H8F2NO3P.C5H11N/c14-9-2-4-10(5-3-9)16-13(17)8-1-6-11(15)12(7-8)20(18)19;1-2-4-6-5-3-1/h1-7H,(H,16,17);6H,1-5H2. The van der Waals surface area contributed by atoms with Crippen molar-refractivity contribution in [1.82, 2.24) is 5.32 Å². The minimum absolute atomic E-state index is 0.00933. The highest BCUT2D eigenvalue weighted by atomic mass is 31.1.